The molecule has 9 heteroatoms. The number of halogens is 1. The quantitative estimate of drug-likeness (QED) is 0.571. The molecule has 1 atom stereocenters. The minimum absolute atomic E-state index is 0. The number of carboxylic acid groups (broad SMARTS) is 1. The fraction of sp³-hybridized carbons (Fsp3) is 0.462. The number of carboxylic acids is 1. The summed E-state index contributed by atoms with van der Waals surface area (Å²) in [5.74, 6) is -0.448. The van der Waals surface area contributed by atoms with Crippen molar-refractivity contribution in [3.05, 3.63) is 28.3 Å². The van der Waals surface area contributed by atoms with E-state index in [1.807, 2.05) is 0 Å². The van der Waals surface area contributed by atoms with Gasteiger partial charge in [0.15, 0.2) is 5.75 Å². The first-order valence-electron chi connectivity index (χ1n) is 6.25. The van der Waals surface area contributed by atoms with E-state index in [0.717, 1.165) is 0 Å². The number of hydrogen-bond acceptors (Lipinski definition) is 6. The third-order valence-electron chi connectivity index (χ3n) is 3.08. The first kappa shape index (κ1) is 19.9. The van der Waals surface area contributed by atoms with Gasteiger partial charge in [-0.05, 0) is 26.1 Å². The predicted octanol–water partition coefficient (Wildman–Crippen LogP) is 1.81. The zero-order valence-corrected chi connectivity index (χ0v) is 13.3. The van der Waals surface area contributed by atoms with Gasteiger partial charge in [0.05, 0.1) is 18.1 Å². The van der Waals surface area contributed by atoms with Crippen LogP contribution in [0.1, 0.15) is 6.92 Å². The van der Waals surface area contributed by atoms with Crippen molar-refractivity contribution in [2.75, 3.05) is 27.3 Å². The molecular formula is C13H19ClN2O6. The minimum Gasteiger partial charge on any atom is -0.496 e. The fourth-order valence-electron chi connectivity index (χ4n) is 1.57. The molecule has 1 aromatic rings. The molecule has 0 aliphatic carbocycles. The molecule has 124 valence electrons. The lowest BCUT2D eigenvalue weighted by atomic mass is 10.3. The Balaban J connectivity index is 0.00000441. The monoisotopic (exact) mass is 334 g/mol. The Labute approximate surface area is 134 Å². The maximum Gasteiger partial charge on any atom is 0.320 e. The molecule has 1 rings (SSSR count). The molecule has 0 heterocycles. The normalized spacial score (nSPS) is 11.5. The number of nitro benzene ring substituents is 1. The van der Waals surface area contributed by atoms with Crippen LogP contribution in [0.15, 0.2) is 18.2 Å². The van der Waals surface area contributed by atoms with Crippen molar-refractivity contribution in [3.63, 3.8) is 0 Å². The number of nitro groups is 1. The molecule has 0 spiro atoms. The van der Waals surface area contributed by atoms with Crippen LogP contribution >= 0.6 is 12.4 Å². The average Bonchev–Trinajstić information content (AvgIpc) is 2.46. The Bertz CT molecular complexity index is 525. The van der Waals surface area contributed by atoms with Crippen molar-refractivity contribution in [3.8, 4) is 11.5 Å². The fourth-order valence-corrected chi connectivity index (χ4v) is 1.57. The summed E-state index contributed by atoms with van der Waals surface area (Å²) < 4.78 is 10.3. The van der Waals surface area contributed by atoms with Crippen molar-refractivity contribution >= 4 is 24.1 Å². The topological polar surface area (TPSA) is 102 Å². The molecule has 0 amide bonds. The van der Waals surface area contributed by atoms with Crippen molar-refractivity contribution in [1.29, 1.82) is 0 Å². The van der Waals surface area contributed by atoms with E-state index in [9.17, 15) is 14.9 Å². The van der Waals surface area contributed by atoms with E-state index in [0.29, 0.717) is 12.3 Å². The second-order valence-corrected chi connectivity index (χ2v) is 4.43. The molecule has 0 aromatic heterocycles. The molecule has 0 aliphatic heterocycles. The highest BCUT2D eigenvalue weighted by molar-refractivity contribution is 5.85. The highest BCUT2D eigenvalue weighted by Crippen LogP contribution is 2.30. The molecule has 0 saturated heterocycles. The smallest absolute Gasteiger partial charge is 0.320 e. The van der Waals surface area contributed by atoms with Crippen LogP contribution in [0.25, 0.3) is 0 Å². The van der Waals surface area contributed by atoms with Crippen LogP contribution in [0.5, 0.6) is 11.5 Å². The number of rotatable bonds is 8. The number of likely N-dealkylation sites (N-methyl/N-ethyl adjacent to an activating group) is 1. The van der Waals surface area contributed by atoms with E-state index in [2.05, 4.69) is 0 Å². The van der Waals surface area contributed by atoms with Gasteiger partial charge in [-0.1, -0.05) is 0 Å². The minimum atomic E-state index is -0.937. The summed E-state index contributed by atoms with van der Waals surface area (Å²) >= 11 is 0. The van der Waals surface area contributed by atoms with Crippen LogP contribution in [0.3, 0.4) is 0 Å². The summed E-state index contributed by atoms with van der Waals surface area (Å²) in [6.07, 6.45) is 0. The summed E-state index contributed by atoms with van der Waals surface area (Å²) in [7, 11) is 3.06. The third-order valence-corrected chi connectivity index (χ3v) is 3.08. The molecule has 0 bridgehead atoms. The second kappa shape index (κ2) is 9.06. The average molecular weight is 335 g/mol. The number of hydrogen-bond donors (Lipinski definition) is 1. The summed E-state index contributed by atoms with van der Waals surface area (Å²) in [6.45, 7) is 2.02. The highest BCUT2D eigenvalue weighted by Gasteiger charge is 2.19. The van der Waals surface area contributed by atoms with Gasteiger partial charge in [0.25, 0.3) is 0 Å². The van der Waals surface area contributed by atoms with Crippen molar-refractivity contribution in [2.24, 2.45) is 0 Å². The maximum absolute atomic E-state index is 11.0. The van der Waals surface area contributed by atoms with Crippen LogP contribution in [0.2, 0.25) is 0 Å². The van der Waals surface area contributed by atoms with E-state index < -0.39 is 16.9 Å². The van der Waals surface area contributed by atoms with E-state index in [-0.39, 0.29) is 30.5 Å². The number of methoxy groups -OCH3 is 1. The van der Waals surface area contributed by atoms with Gasteiger partial charge in [-0.15, -0.1) is 12.4 Å². The number of carbonyl (C=O) groups is 1. The molecule has 1 N–H and O–H groups in total. The van der Waals surface area contributed by atoms with Gasteiger partial charge in [-0.3, -0.25) is 19.8 Å². The van der Waals surface area contributed by atoms with E-state index in [1.54, 1.807) is 24.9 Å². The summed E-state index contributed by atoms with van der Waals surface area (Å²) in [5.41, 5.74) is -0.191. The standard InChI is InChI=1S/C13H18N2O6.ClH/c1-9(13(16)17)14(2)6-7-21-12-5-4-10(20-3)8-11(12)15(18)19;/h4-5,8-9H,6-7H2,1-3H3,(H,16,17);1H. The van der Waals surface area contributed by atoms with Gasteiger partial charge in [0, 0.05) is 6.54 Å². The van der Waals surface area contributed by atoms with Crippen LogP contribution < -0.4 is 9.47 Å². The number of aliphatic carboxylic acids is 1. The van der Waals surface area contributed by atoms with Gasteiger partial charge in [-0.25, -0.2) is 0 Å². The van der Waals surface area contributed by atoms with Gasteiger partial charge in [0.2, 0.25) is 0 Å². The lowest BCUT2D eigenvalue weighted by molar-refractivity contribution is -0.385. The number of ether oxygens (including phenoxy) is 2. The summed E-state index contributed by atoms with van der Waals surface area (Å²) in [6, 6.07) is 3.64. The number of nitrogens with zero attached hydrogens (tertiary/aromatic N) is 2. The van der Waals surface area contributed by atoms with Crippen molar-refractivity contribution in [2.45, 2.75) is 13.0 Å². The largest absolute Gasteiger partial charge is 0.496 e. The van der Waals surface area contributed by atoms with Crippen LogP contribution in [-0.2, 0) is 4.79 Å². The third kappa shape index (κ3) is 5.38. The SMILES string of the molecule is COc1ccc(OCCN(C)C(C)C(=O)O)c([N+](=O)[O-])c1.Cl. The van der Waals surface area contributed by atoms with Gasteiger partial charge < -0.3 is 14.6 Å². The molecule has 0 radical (unpaired) electrons. The summed E-state index contributed by atoms with van der Waals surface area (Å²) in [4.78, 5) is 22.8. The lowest BCUT2D eigenvalue weighted by Crippen LogP contribution is -2.38. The van der Waals surface area contributed by atoms with Gasteiger partial charge in [0.1, 0.15) is 18.4 Å². The van der Waals surface area contributed by atoms with Crippen LogP contribution in [0.4, 0.5) is 5.69 Å². The zero-order valence-electron chi connectivity index (χ0n) is 12.5. The molecule has 1 aromatic carbocycles. The maximum atomic E-state index is 11.0. The Morgan fingerprint density at radius 1 is 1.50 bits per heavy atom. The Kier molecular flexibility index (Phi) is 8.21. The number of benzene rings is 1. The second-order valence-electron chi connectivity index (χ2n) is 4.43. The Morgan fingerprint density at radius 2 is 2.14 bits per heavy atom. The van der Waals surface area contributed by atoms with Gasteiger partial charge >= 0.3 is 11.7 Å². The predicted molar refractivity (Wildman–Crippen MR) is 82.1 cm³/mol. The molecular weight excluding hydrogens is 316 g/mol. The molecule has 1 unspecified atom stereocenters. The highest BCUT2D eigenvalue weighted by atomic mass is 35.5. The Hall–Kier alpha value is -2.06. The van der Waals surface area contributed by atoms with E-state index in [4.69, 9.17) is 14.6 Å². The van der Waals surface area contributed by atoms with E-state index in [1.165, 1.54) is 19.2 Å². The zero-order chi connectivity index (χ0) is 16.0. The van der Waals surface area contributed by atoms with Crippen molar-refractivity contribution < 1.29 is 24.3 Å². The first-order valence-corrected chi connectivity index (χ1v) is 6.25. The Morgan fingerprint density at radius 3 is 2.64 bits per heavy atom. The molecule has 0 saturated carbocycles. The lowest BCUT2D eigenvalue weighted by Gasteiger charge is -2.20. The molecule has 0 aliphatic rings. The first-order chi connectivity index (χ1) is 9.86. The van der Waals surface area contributed by atoms with E-state index >= 15 is 0 Å². The molecule has 8 nitrogen and oxygen atoms in total. The summed E-state index contributed by atoms with van der Waals surface area (Å²) in [5, 5.41) is 19.8. The van der Waals surface area contributed by atoms with Gasteiger partial charge in [-0.2, -0.15) is 0 Å². The molecule has 0 fully saturated rings. The van der Waals surface area contributed by atoms with Crippen LogP contribution in [-0.4, -0.2) is 54.3 Å². The van der Waals surface area contributed by atoms with Crippen LogP contribution in [0, 0.1) is 10.1 Å². The molecule has 22 heavy (non-hydrogen) atoms. The van der Waals surface area contributed by atoms with Crippen molar-refractivity contribution in [1.82, 2.24) is 4.90 Å².